The molecule has 2 heterocycles. The summed E-state index contributed by atoms with van der Waals surface area (Å²) < 4.78 is 19.7. The highest BCUT2D eigenvalue weighted by atomic mass is 16.5. The van der Waals surface area contributed by atoms with Gasteiger partial charge in [0.05, 0.1) is 37.0 Å². The van der Waals surface area contributed by atoms with Crippen LogP contribution >= 0.6 is 0 Å². The van der Waals surface area contributed by atoms with Crippen molar-refractivity contribution in [2.24, 2.45) is 0 Å². The lowest BCUT2D eigenvalue weighted by Crippen LogP contribution is -2.25. The molecule has 0 radical (unpaired) electrons. The van der Waals surface area contributed by atoms with E-state index in [9.17, 15) is 4.79 Å². The van der Waals surface area contributed by atoms with Crippen molar-refractivity contribution in [3.8, 4) is 17.2 Å². The van der Waals surface area contributed by atoms with Crippen molar-refractivity contribution >= 4 is 28.7 Å². The summed E-state index contributed by atoms with van der Waals surface area (Å²) >= 11 is 0. The summed E-state index contributed by atoms with van der Waals surface area (Å²) in [4.78, 5) is 20.0. The van der Waals surface area contributed by atoms with Gasteiger partial charge in [-0.15, -0.1) is 0 Å². The summed E-state index contributed by atoms with van der Waals surface area (Å²) in [5.74, 6) is 3.19. The van der Waals surface area contributed by atoms with Crippen molar-refractivity contribution in [1.82, 2.24) is 9.55 Å². The predicted octanol–water partition coefficient (Wildman–Crippen LogP) is 6.47. The fourth-order valence-electron chi connectivity index (χ4n) is 5.22. The van der Waals surface area contributed by atoms with Gasteiger partial charge in [0.15, 0.2) is 11.5 Å². The molecule has 1 aliphatic heterocycles. The predicted molar refractivity (Wildman–Crippen MR) is 155 cm³/mol. The minimum atomic E-state index is -0.0141. The highest BCUT2D eigenvalue weighted by molar-refractivity contribution is 5.97. The zero-order chi connectivity index (χ0) is 27.2. The number of imidazole rings is 1. The van der Waals surface area contributed by atoms with E-state index in [0.29, 0.717) is 26.2 Å². The van der Waals surface area contributed by atoms with Crippen molar-refractivity contribution in [1.29, 1.82) is 0 Å². The lowest BCUT2D eigenvalue weighted by atomic mass is 10.1. The average Bonchev–Trinajstić information content (AvgIpc) is 3.52. The van der Waals surface area contributed by atoms with Crippen molar-refractivity contribution < 1.29 is 19.0 Å². The number of aromatic nitrogens is 2. The van der Waals surface area contributed by atoms with Gasteiger partial charge in [-0.3, -0.25) is 4.79 Å². The van der Waals surface area contributed by atoms with Crippen molar-refractivity contribution in [3.63, 3.8) is 0 Å². The van der Waals surface area contributed by atoms with Gasteiger partial charge in [0, 0.05) is 25.4 Å². The molecule has 1 aliphatic rings. The number of hydrogen-bond acceptors (Lipinski definition) is 5. The van der Waals surface area contributed by atoms with Crippen LogP contribution in [0.2, 0.25) is 0 Å². The molecule has 1 aromatic heterocycles. The second kappa shape index (κ2) is 12.1. The minimum absolute atomic E-state index is 0.0141. The molecule has 0 aliphatic carbocycles. The summed E-state index contributed by atoms with van der Waals surface area (Å²) in [5.41, 5.74) is 3.90. The quantitative estimate of drug-likeness (QED) is 0.210. The number of benzene rings is 3. The molecule has 1 unspecified atom stereocenters. The van der Waals surface area contributed by atoms with E-state index in [1.807, 2.05) is 91.6 Å². The van der Waals surface area contributed by atoms with E-state index >= 15 is 0 Å². The van der Waals surface area contributed by atoms with Crippen molar-refractivity contribution in [2.75, 3.05) is 31.8 Å². The molecule has 3 aromatic carbocycles. The van der Waals surface area contributed by atoms with Crippen LogP contribution < -0.4 is 19.1 Å². The third-order valence-corrected chi connectivity index (χ3v) is 6.96. The first-order valence-electron chi connectivity index (χ1n) is 13.5. The summed E-state index contributed by atoms with van der Waals surface area (Å²) in [6, 6.07) is 21.8. The Morgan fingerprint density at radius 1 is 1.00 bits per heavy atom. The highest BCUT2D eigenvalue weighted by Crippen LogP contribution is 2.37. The van der Waals surface area contributed by atoms with Crippen LogP contribution in [0, 0.1) is 0 Å². The van der Waals surface area contributed by atoms with Crippen LogP contribution in [0.15, 0.2) is 72.8 Å². The standard InChI is InChI=1S/C32H35N3O4/c1-4-11-23-16-17-29(30(20-23)37-3)39-19-10-18-34-26-13-7-6-12-25(26)33-32(34)24-21-31(36)35(22-24)27-14-8-9-15-28(27)38-5-2/h4,6-9,11-17,20,24H,5,10,18-19,21-22H2,1-3H3/b11-4+. The Balaban J connectivity index is 1.33. The van der Waals surface area contributed by atoms with Gasteiger partial charge in [-0.2, -0.15) is 0 Å². The first kappa shape index (κ1) is 26.4. The van der Waals surface area contributed by atoms with E-state index < -0.39 is 0 Å². The van der Waals surface area contributed by atoms with Crippen LogP contribution in [0.1, 0.15) is 44.0 Å². The van der Waals surface area contributed by atoms with Gasteiger partial charge in [-0.05, 0) is 62.2 Å². The molecule has 4 aromatic rings. The molecular formula is C32H35N3O4. The number of methoxy groups -OCH3 is 1. The number of hydrogen-bond donors (Lipinski definition) is 0. The maximum Gasteiger partial charge on any atom is 0.227 e. The number of fused-ring (bicyclic) bond motifs is 1. The molecule has 39 heavy (non-hydrogen) atoms. The Bertz CT molecular complexity index is 1480. The number of carbonyl (C=O) groups excluding carboxylic acids is 1. The maximum absolute atomic E-state index is 13.2. The summed E-state index contributed by atoms with van der Waals surface area (Å²) in [6.07, 6.45) is 5.22. The molecule has 0 N–H and O–H groups in total. The van der Waals surface area contributed by atoms with E-state index in [-0.39, 0.29) is 11.8 Å². The van der Waals surface area contributed by atoms with Crippen molar-refractivity contribution in [2.45, 2.75) is 39.2 Å². The number of allylic oxidation sites excluding steroid dienone is 1. The third kappa shape index (κ3) is 5.62. The van der Waals surface area contributed by atoms with Gasteiger partial charge in [0.25, 0.3) is 0 Å². The lowest BCUT2D eigenvalue weighted by molar-refractivity contribution is -0.117. The molecule has 7 heteroatoms. The van der Waals surface area contributed by atoms with E-state index in [2.05, 4.69) is 10.6 Å². The number of ether oxygens (including phenoxy) is 3. The van der Waals surface area contributed by atoms with Gasteiger partial charge < -0.3 is 23.7 Å². The number of aryl methyl sites for hydroxylation is 1. The summed E-state index contributed by atoms with van der Waals surface area (Å²) in [5, 5.41) is 0. The highest BCUT2D eigenvalue weighted by Gasteiger charge is 2.36. The van der Waals surface area contributed by atoms with Crippen LogP contribution in [0.5, 0.6) is 17.2 Å². The average molecular weight is 526 g/mol. The van der Waals surface area contributed by atoms with Crippen molar-refractivity contribution in [3.05, 3.63) is 84.2 Å². The molecule has 1 amide bonds. The number of amides is 1. The molecule has 1 fully saturated rings. The Morgan fingerprint density at radius 3 is 2.64 bits per heavy atom. The van der Waals surface area contributed by atoms with Gasteiger partial charge in [-0.25, -0.2) is 4.98 Å². The first-order chi connectivity index (χ1) is 19.1. The molecule has 0 saturated carbocycles. The zero-order valence-corrected chi connectivity index (χ0v) is 22.8. The van der Waals surface area contributed by atoms with Crippen LogP contribution in [-0.2, 0) is 11.3 Å². The molecule has 1 atom stereocenters. The Hall–Kier alpha value is -4.26. The second-order valence-electron chi connectivity index (χ2n) is 9.53. The smallest absolute Gasteiger partial charge is 0.227 e. The van der Waals surface area contributed by atoms with Crippen LogP contribution in [-0.4, -0.2) is 42.3 Å². The lowest BCUT2D eigenvalue weighted by Gasteiger charge is -2.20. The maximum atomic E-state index is 13.2. The van der Waals surface area contributed by atoms with Crippen LogP contribution in [0.3, 0.4) is 0 Å². The molecule has 7 nitrogen and oxygen atoms in total. The number of anilines is 1. The van der Waals surface area contributed by atoms with Gasteiger partial charge >= 0.3 is 0 Å². The first-order valence-corrected chi connectivity index (χ1v) is 13.5. The fraction of sp³-hybridized carbons (Fsp3) is 0.312. The van der Waals surface area contributed by atoms with Crippen LogP contribution in [0.4, 0.5) is 5.69 Å². The number of carbonyl (C=O) groups is 1. The molecular weight excluding hydrogens is 490 g/mol. The molecule has 1 saturated heterocycles. The Kier molecular flexibility index (Phi) is 8.16. The summed E-state index contributed by atoms with van der Waals surface area (Å²) in [6.45, 7) is 6.32. The van der Waals surface area contributed by atoms with E-state index in [1.165, 1.54) is 0 Å². The van der Waals surface area contributed by atoms with E-state index in [0.717, 1.165) is 58.3 Å². The normalized spacial score (nSPS) is 15.4. The topological polar surface area (TPSA) is 65.8 Å². The molecule has 5 rings (SSSR count). The van der Waals surface area contributed by atoms with Gasteiger partial charge in [0.2, 0.25) is 5.91 Å². The number of rotatable bonds is 11. The second-order valence-corrected chi connectivity index (χ2v) is 9.53. The SMILES string of the molecule is C/C=C/c1ccc(OCCCn2c(C3CC(=O)N(c4ccccc4OCC)C3)nc3ccccc32)c(OC)c1. The van der Waals surface area contributed by atoms with E-state index in [4.69, 9.17) is 19.2 Å². The van der Waals surface area contributed by atoms with Crippen LogP contribution in [0.25, 0.3) is 17.1 Å². The minimum Gasteiger partial charge on any atom is -0.493 e. The largest absolute Gasteiger partial charge is 0.493 e. The molecule has 0 bridgehead atoms. The Labute approximate surface area is 229 Å². The van der Waals surface area contributed by atoms with Gasteiger partial charge in [0.1, 0.15) is 11.6 Å². The monoisotopic (exact) mass is 525 g/mol. The Morgan fingerprint density at radius 2 is 1.82 bits per heavy atom. The van der Waals surface area contributed by atoms with Gasteiger partial charge in [-0.1, -0.05) is 42.5 Å². The number of para-hydroxylation sites is 4. The fourth-order valence-corrected chi connectivity index (χ4v) is 5.22. The number of nitrogens with zero attached hydrogens (tertiary/aromatic N) is 3. The molecule has 0 spiro atoms. The third-order valence-electron chi connectivity index (χ3n) is 6.96. The molecule has 202 valence electrons. The summed E-state index contributed by atoms with van der Waals surface area (Å²) in [7, 11) is 1.66. The zero-order valence-electron chi connectivity index (χ0n) is 22.8. The van der Waals surface area contributed by atoms with E-state index in [1.54, 1.807) is 7.11 Å².